The first-order valence-electron chi connectivity index (χ1n) is 4.94. The molecule has 2 N–H and O–H groups in total. The normalized spacial score (nSPS) is 13.6. The Hall–Kier alpha value is -1.33. The zero-order valence-corrected chi connectivity index (χ0v) is 9.55. The highest BCUT2D eigenvalue weighted by atomic mass is 32.1. The highest BCUT2D eigenvalue weighted by Gasteiger charge is 2.30. The van der Waals surface area contributed by atoms with Gasteiger partial charge in [0.25, 0.3) is 0 Å². The van der Waals surface area contributed by atoms with Crippen molar-refractivity contribution in [3.8, 4) is 0 Å². The molecule has 0 aliphatic heterocycles. The van der Waals surface area contributed by atoms with Gasteiger partial charge in [0, 0.05) is 4.88 Å². The van der Waals surface area contributed by atoms with Crippen LogP contribution in [0.25, 0.3) is 0 Å². The van der Waals surface area contributed by atoms with Crippen molar-refractivity contribution in [3.05, 3.63) is 57.8 Å². The summed E-state index contributed by atoms with van der Waals surface area (Å²) in [4.78, 5) is 0.935. The van der Waals surface area contributed by atoms with Gasteiger partial charge in [0.05, 0.1) is 11.6 Å². The molecule has 5 heteroatoms. The Morgan fingerprint density at radius 2 is 1.71 bits per heavy atom. The first-order chi connectivity index (χ1) is 7.98. The molecule has 2 rings (SSSR count). The van der Waals surface area contributed by atoms with Gasteiger partial charge in [0.15, 0.2) is 0 Å². The average Bonchev–Trinajstić information content (AvgIpc) is 2.80. The average molecular weight is 257 g/mol. The van der Waals surface area contributed by atoms with Crippen molar-refractivity contribution >= 4 is 11.3 Å². The Labute approximate surface area is 101 Å². The smallest absolute Gasteiger partial charge is 0.320 e. The van der Waals surface area contributed by atoms with Crippen LogP contribution in [0.5, 0.6) is 0 Å². The second kappa shape index (κ2) is 4.50. The number of hydrogen-bond acceptors (Lipinski definition) is 2. The summed E-state index contributed by atoms with van der Waals surface area (Å²) in [5, 5.41) is 1.89. The molecule has 1 heterocycles. The Kier molecular flexibility index (Phi) is 3.22. The van der Waals surface area contributed by atoms with Gasteiger partial charge < -0.3 is 5.73 Å². The lowest BCUT2D eigenvalue weighted by molar-refractivity contribution is -0.137. The zero-order chi connectivity index (χ0) is 12.5. The maximum absolute atomic E-state index is 12.4. The van der Waals surface area contributed by atoms with Gasteiger partial charge in [0.2, 0.25) is 0 Å². The Morgan fingerprint density at radius 1 is 1.06 bits per heavy atom. The molecule has 0 spiro atoms. The van der Waals surface area contributed by atoms with Gasteiger partial charge in [-0.3, -0.25) is 0 Å². The Bertz CT molecular complexity index is 473. The minimum atomic E-state index is -4.30. The molecule has 0 amide bonds. The second-order valence-electron chi connectivity index (χ2n) is 3.61. The van der Waals surface area contributed by atoms with E-state index in [2.05, 4.69) is 0 Å². The van der Waals surface area contributed by atoms with Gasteiger partial charge in [-0.05, 0) is 29.1 Å². The summed E-state index contributed by atoms with van der Waals surface area (Å²) >= 11 is 1.49. The molecular formula is C12H10F3NS. The standard InChI is InChI=1S/C12H10F3NS/c13-12(14,15)9-5-3-8(4-6-9)11(16)10-2-1-7-17-10/h1-7,11H,16H2. The number of nitrogens with two attached hydrogens (primary N) is 1. The van der Waals surface area contributed by atoms with Crippen LogP contribution >= 0.6 is 11.3 Å². The van der Waals surface area contributed by atoms with E-state index in [0.29, 0.717) is 5.56 Å². The summed E-state index contributed by atoms with van der Waals surface area (Å²) in [5.41, 5.74) is 5.98. The molecule has 0 fully saturated rings. The van der Waals surface area contributed by atoms with Gasteiger partial charge in [0.1, 0.15) is 0 Å². The molecular weight excluding hydrogens is 247 g/mol. The van der Waals surface area contributed by atoms with E-state index in [0.717, 1.165) is 17.0 Å². The van der Waals surface area contributed by atoms with E-state index in [4.69, 9.17) is 5.73 Å². The fraction of sp³-hybridized carbons (Fsp3) is 0.167. The quantitative estimate of drug-likeness (QED) is 0.869. The van der Waals surface area contributed by atoms with E-state index >= 15 is 0 Å². The number of rotatable bonds is 2. The van der Waals surface area contributed by atoms with Crippen LogP contribution in [-0.4, -0.2) is 0 Å². The van der Waals surface area contributed by atoms with Crippen LogP contribution < -0.4 is 5.73 Å². The van der Waals surface area contributed by atoms with Crippen LogP contribution in [0.15, 0.2) is 41.8 Å². The third-order valence-electron chi connectivity index (χ3n) is 2.45. The maximum atomic E-state index is 12.4. The number of benzene rings is 1. The van der Waals surface area contributed by atoms with E-state index < -0.39 is 11.7 Å². The number of thiophene rings is 1. The van der Waals surface area contributed by atoms with Crippen molar-refractivity contribution in [1.29, 1.82) is 0 Å². The molecule has 17 heavy (non-hydrogen) atoms. The lowest BCUT2D eigenvalue weighted by atomic mass is 10.0. The Balaban J connectivity index is 2.24. The summed E-state index contributed by atoms with van der Waals surface area (Å²) in [6.45, 7) is 0. The van der Waals surface area contributed by atoms with Crippen molar-refractivity contribution in [2.75, 3.05) is 0 Å². The number of hydrogen-bond donors (Lipinski definition) is 1. The summed E-state index contributed by atoms with van der Waals surface area (Å²) in [5.74, 6) is 0. The van der Waals surface area contributed by atoms with Crippen molar-refractivity contribution < 1.29 is 13.2 Å². The minimum absolute atomic E-state index is 0.364. The largest absolute Gasteiger partial charge is 0.416 e. The van der Waals surface area contributed by atoms with E-state index in [1.54, 1.807) is 0 Å². The first-order valence-corrected chi connectivity index (χ1v) is 5.82. The summed E-state index contributed by atoms with van der Waals surface area (Å²) in [7, 11) is 0. The SMILES string of the molecule is NC(c1ccc(C(F)(F)F)cc1)c1cccs1. The second-order valence-corrected chi connectivity index (χ2v) is 4.59. The van der Waals surface area contributed by atoms with Crippen molar-refractivity contribution in [2.24, 2.45) is 5.73 Å². The summed E-state index contributed by atoms with van der Waals surface area (Å²) in [6.07, 6.45) is -4.30. The number of alkyl halides is 3. The molecule has 0 bridgehead atoms. The van der Waals surface area contributed by atoms with Crippen molar-refractivity contribution in [1.82, 2.24) is 0 Å². The van der Waals surface area contributed by atoms with Crippen LogP contribution in [-0.2, 0) is 6.18 Å². The van der Waals surface area contributed by atoms with E-state index in [-0.39, 0.29) is 6.04 Å². The summed E-state index contributed by atoms with van der Waals surface area (Å²) in [6, 6.07) is 8.33. The monoisotopic (exact) mass is 257 g/mol. The molecule has 0 aliphatic rings. The minimum Gasteiger partial charge on any atom is -0.320 e. The van der Waals surface area contributed by atoms with Gasteiger partial charge in [-0.1, -0.05) is 18.2 Å². The topological polar surface area (TPSA) is 26.0 Å². The molecule has 2 aromatic rings. The van der Waals surface area contributed by atoms with Crippen LogP contribution in [0.1, 0.15) is 22.0 Å². The maximum Gasteiger partial charge on any atom is 0.416 e. The molecule has 1 nitrogen and oxygen atoms in total. The molecule has 0 saturated carbocycles. The highest BCUT2D eigenvalue weighted by Crippen LogP contribution is 2.31. The van der Waals surface area contributed by atoms with Gasteiger partial charge >= 0.3 is 6.18 Å². The van der Waals surface area contributed by atoms with Crippen LogP contribution in [0, 0.1) is 0 Å². The molecule has 0 aliphatic carbocycles. The fourth-order valence-electron chi connectivity index (χ4n) is 1.51. The molecule has 1 aromatic carbocycles. The van der Waals surface area contributed by atoms with E-state index in [1.807, 2.05) is 17.5 Å². The summed E-state index contributed by atoms with van der Waals surface area (Å²) < 4.78 is 37.1. The molecule has 0 radical (unpaired) electrons. The lowest BCUT2D eigenvalue weighted by Crippen LogP contribution is -2.11. The van der Waals surface area contributed by atoms with Gasteiger partial charge in [-0.25, -0.2) is 0 Å². The third kappa shape index (κ3) is 2.68. The number of halogens is 3. The van der Waals surface area contributed by atoms with Gasteiger partial charge in [-0.15, -0.1) is 11.3 Å². The molecule has 0 saturated heterocycles. The van der Waals surface area contributed by atoms with E-state index in [1.165, 1.54) is 23.5 Å². The van der Waals surface area contributed by atoms with Crippen LogP contribution in [0.4, 0.5) is 13.2 Å². The molecule has 1 atom stereocenters. The zero-order valence-electron chi connectivity index (χ0n) is 8.74. The molecule has 1 unspecified atom stereocenters. The third-order valence-corrected chi connectivity index (χ3v) is 3.40. The van der Waals surface area contributed by atoms with E-state index in [9.17, 15) is 13.2 Å². The molecule has 1 aromatic heterocycles. The lowest BCUT2D eigenvalue weighted by Gasteiger charge is -2.12. The Morgan fingerprint density at radius 3 is 2.18 bits per heavy atom. The predicted molar refractivity (Wildman–Crippen MR) is 61.8 cm³/mol. The van der Waals surface area contributed by atoms with Crippen LogP contribution in [0.3, 0.4) is 0 Å². The van der Waals surface area contributed by atoms with Gasteiger partial charge in [-0.2, -0.15) is 13.2 Å². The fourth-order valence-corrected chi connectivity index (χ4v) is 2.27. The first kappa shape index (κ1) is 12.1. The van der Waals surface area contributed by atoms with Crippen LogP contribution in [0.2, 0.25) is 0 Å². The van der Waals surface area contributed by atoms with Crippen molar-refractivity contribution in [2.45, 2.75) is 12.2 Å². The highest BCUT2D eigenvalue weighted by molar-refractivity contribution is 7.10. The van der Waals surface area contributed by atoms with Crippen molar-refractivity contribution in [3.63, 3.8) is 0 Å². The molecule has 90 valence electrons. The predicted octanol–water partition coefficient (Wildman–Crippen LogP) is 3.82.